The van der Waals surface area contributed by atoms with Gasteiger partial charge in [-0.05, 0) is 37.0 Å². The third-order valence-corrected chi connectivity index (χ3v) is 3.18. The van der Waals surface area contributed by atoms with Crippen LogP contribution in [0.25, 0.3) is 0 Å². The number of hydrogen-bond acceptors (Lipinski definition) is 3. The van der Waals surface area contributed by atoms with Gasteiger partial charge in [-0.2, -0.15) is 13.2 Å². The number of alkyl halides is 3. The van der Waals surface area contributed by atoms with Crippen molar-refractivity contribution in [1.29, 1.82) is 0 Å². The van der Waals surface area contributed by atoms with Gasteiger partial charge >= 0.3 is 6.18 Å². The molecule has 1 aromatic rings. The van der Waals surface area contributed by atoms with E-state index in [0.29, 0.717) is 24.7 Å². The Labute approximate surface area is 119 Å². The number of rotatable bonds is 7. The first kappa shape index (κ1) is 16.0. The average Bonchev–Trinajstić information content (AvgIpc) is 3.20. The molecule has 1 atom stereocenters. The minimum Gasteiger partial charge on any atom is -0.389 e. The highest BCUT2D eigenvalue weighted by molar-refractivity contribution is 5.48. The van der Waals surface area contributed by atoms with E-state index in [1.165, 1.54) is 0 Å². The summed E-state index contributed by atoms with van der Waals surface area (Å²) in [6, 6.07) is 2.12. The van der Waals surface area contributed by atoms with Crippen LogP contribution in [0.5, 0.6) is 0 Å². The molecule has 1 saturated carbocycles. The molecule has 1 aromatic carbocycles. The molecule has 2 rings (SSSR count). The Balaban J connectivity index is 1.83. The fourth-order valence-electron chi connectivity index (χ4n) is 1.78. The zero-order valence-corrected chi connectivity index (χ0v) is 11.3. The summed E-state index contributed by atoms with van der Waals surface area (Å²) in [5.41, 5.74) is -1.23. The van der Waals surface area contributed by atoms with Crippen LogP contribution >= 0.6 is 0 Å². The van der Waals surface area contributed by atoms with Crippen LogP contribution in [0.2, 0.25) is 0 Å². The first-order chi connectivity index (χ1) is 9.86. The van der Waals surface area contributed by atoms with Gasteiger partial charge in [0.2, 0.25) is 0 Å². The fraction of sp³-hybridized carbons (Fsp3) is 0.571. The van der Waals surface area contributed by atoms with Crippen LogP contribution < -0.4 is 5.32 Å². The van der Waals surface area contributed by atoms with E-state index in [2.05, 4.69) is 5.32 Å². The molecule has 1 aliphatic carbocycles. The quantitative estimate of drug-likeness (QED) is 0.761. The Kier molecular flexibility index (Phi) is 5.05. The molecule has 0 aliphatic heterocycles. The Hall–Kier alpha value is -1.34. The van der Waals surface area contributed by atoms with Gasteiger partial charge in [-0.3, -0.25) is 0 Å². The third kappa shape index (κ3) is 5.17. The molecule has 0 spiro atoms. The van der Waals surface area contributed by atoms with E-state index >= 15 is 0 Å². The summed E-state index contributed by atoms with van der Waals surface area (Å²) < 4.78 is 56.3. The first-order valence-corrected chi connectivity index (χ1v) is 6.72. The van der Waals surface area contributed by atoms with Crippen LogP contribution in [-0.2, 0) is 10.9 Å². The second-order valence-corrected chi connectivity index (χ2v) is 5.21. The van der Waals surface area contributed by atoms with Crippen molar-refractivity contribution < 1.29 is 27.4 Å². The summed E-state index contributed by atoms with van der Waals surface area (Å²) in [5.74, 6) is -0.236. The zero-order valence-electron chi connectivity index (χ0n) is 11.3. The van der Waals surface area contributed by atoms with Gasteiger partial charge < -0.3 is 15.2 Å². The van der Waals surface area contributed by atoms with E-state index < -0.39 is 23.7 Å². The van der Waals surface area contributed by atoms with Gasteiger partial charge in [0, 0.05) is 13.2 Å². The summed E-state index contributed by atoms with van der Waals surface area (Å²) in [5, 5.41) is 12.1. The Morgan fingerprint density at radius 3 is 2.67 bits per heavy atom. The van der Waals surface area contributed by atoms with Gasteiger partial charge in [-0.25, -0.2) is 4.39 Å². The fourth-order valence-corrected chi connectivity index (χ4v) is 1.78. The first-order valence-electron chi connectivity index (χ1n) is 6.72. The molecular formula is C14H17F4NO2. The number of ether oxygens (including phenoxy) is 1. The van der Waals surface area contributed by atoms with Crippen molar-refractivity contribution in [1.82, 2.24) is 0 Å². The number of aliphatic hydroxyl groups is 1. The van der Waals surface area contributed by atoms with Gasteiger partial charge in [-0.15, -0.1) is 0 Å². The maximum absolute atomic E-state index is 13.4. The lowest BCUT2D eigenvalue weighted by Crippen LogP contribution is -2.25. The summed E-state index contributed by atoms with van der Waals surface area (Å²) in [4.78, 5) is 0. The maximum Gasteiger partial charge on any atom is 0.416 e. The lowest BCUT2D eigenvalue weighted by Gasteiger charge is -2.15. The van der Waals surface area contributed by atoms with E-state index in [9.17, 15) is 22.7 Å². The highest BCUT2D eigenvalue weighted by atomic mass is 19.4. The van der Waals surface area contributed by atoms with Gasteiger partial charge in [-0.1, -0.05) is 0 Å². The minimum atomic E-state index is -4.53. The molecule has 1 aliphatic rings. The van der Waals surface area contributed by atoms with Crippen LogP contribution in [0.1, 0.15) is 18.4 Å². The number of nitrogens with one attached hydrogen (secondary N) is 1. The summed E-state index contributed by atoms with van der Waals surface area (Å²) in [7, 11) is 0. The smallest absolute Gasteiger partial charge is 0.389 e. The molecule has 7 heteroatoms. The van der Waals surface area contributed by atoms with E-state index in [0.717, 1.165) is 18.9 Å². The topological polar surface area (TPSA) is 41.5 Å². The molecule has 1 unspecified atom stereocenters. The van der Waals surface area contributed by atoms with Gasteiger partial charge in [0.05, 0.1) is 24.0 Å². The van der Waals surface area contributed by atoms with E-state index in [1.807, 2.05) is 0 Å². The van der Waals surface area contributed by atoms with Crippen molar-refractivity contribution in [2.75, 3.05) is 25.1 Å². The van der Waals surface area contributed by atoms with E-state index in [-0.39, 0.29) is 18.8 Å². The number of halogens is 4. The second-order valence-electron chi connectivity index (χ2n) is 5.21. The van der Waals surface area contributed by atoms with Crippen molar-refractivity contribution in [2.24, 2.45) is 5.92 Å². The molecular weight excluding hydrogens is 290 g/mol. The van der Waals surface area contributed by atoms with Crippen molar-refractivity contribution in [3.63, 3.8) is 0 Å². The third-order valence-electron chi connectivity index (χ3n) is 3.18. The summed E-state index contributed by atoms with van der Waals surface area (Å²) >= 11 is 0. The van der Waals surface area contributed by atoms with Crippen molar-refractivity contribution in [3.8, 4) is 0 Å². The van der Waals surface area contributed by atoms with E-state index in [1.54, 1.807) is 0 Å². The molecule has 0 saturated heterocycles. The molecule has 1 fully saturated rings. The van der Waals surface area contributed by atoms with Gasteiger partial charge in [0.25, 0.3) is 0 Å². The molecule has 0 heterocycles. The maximum atomic E-state index is 13.4. The number of hydrogen-bond donors (Lipinski definition) is 2. The molecule has 0 bridgehead atoms. The molecule has 0 radical (unpaired) electrons. The second kappa shape index (κ2) is 6.62. The highest BCUT2D eigenvalue weighted by Gasteiger charge is 2.31. The predicted octanol–water partition coefficient (Wildman–Crippen LogP) is 3.04. The van der Waals surface area contributed by atoms with Crippen molar-refractivity contribution in [3.05, 3.63) is 29.6 Å². The normalized spacial score (nSPS) is 16.8. The van der Waals surface area contributed by atoms with Crippen LogP contribution in [0, 0.1) is 11.7 Å². The summed E-state index contributed by atoms with van der Waals surface area (Å²) in [6.07, 6.45) is -3.18. The molecule has 118 valence electrons. The summed E-state index contributed by atoms with van der Waals surface area (Å²) in [6.45, 7) is 0.571. The average molecular weight is 307 g/mol. The Morgan fingerprint density at radius 2 is 2.05 bits per heavy atom. The van der Waals surface area contributed by atoms with Gasteiger partial charge in [0.15, 0.2) is 0 Å². The number of anilines is 1. The Bertz CT molecular complexity index is 475. The number of benzene rings is 1. The molecule has 0 aromatic heterocycles. The van der Waals surface area contributed by atoms with Crippen LogP contribution in [0.3, 0.4) is 0 Å². The minimum absolute atomic E-state index is 0.0735. The van der Waals surface area contributed by atoms with Gasteiger partial charge in [0.1, 0.15) is 5.82 Å². The van der Waals surface area contributed by atoms with Crippen LogP contribution in [0.15, 0.2) is 18.2 Å². The highest BCUT2D eigenvalue weighted by Crippen LogP contribution is 2.31. The molecule has 3 nitrogen and oxygen atoms in total. The standard InChI is InChI=1S/C14H17F4NO2/c15-12-4-3-10(14(16,17)18)5-13(12)19-6-11(20)8-21-7-9-1-2-9/h3-5,9,11,19-20H,1-2,6-8H2. The predicted molar refractivity (Wildman–Crippen MR) is 69.4 cm³/mol. The van der Waals surface area contributed by atoms with Crippen molar-refractivity contribution >= 4 is 5.69 Å². The SMILES string of the molecule is OC(CNc1cc(C(F)(F)F)ccc1F)COCC1CC1. The van der Waals surface area contributed by atoms with Crippen LogP contribution in [-0.4, -0.2) is 31.0 Å². The molecule has 0 amide bonds. The van der Waals surface area contributed by atoms with Crippen LogP contribution in [0.4, 0.5) is 23.2 Å². The lowest BCUT2D eigenvalue weighted by molar-refractivity contribution is -0.137. The molecule has 2 N–H and O–H groups in total. The van der Waals surface area contributed by atoms with E-state index in [4.69, 9.17) is 4.74 Å². The number of aliphatic hydroxyl groups excluding tert-OH is 1. The zero-order chi connectivity index (χ0) is 15.5. The molecule has 21 heavy (non-hydrogen) atoms. The van der Waals surface area contributed by atoms with Crippen molar-refractivity contribution in [2.45, 2.75) is 25.1 Å². The monoisotopic (exact) mass is 307 g/mol. The lowest BCUT2D eigenvalue weighted by atomic mass is 10.2. The largest absolute Gasteiger partial charge is 0.416 e. The Morgan fingerprint density at radius 1 is 1.33 bits per heavy atom.